The summed E-state index contributed by atoms with van der Waals surface area (Å²) in [5.74, 6) is 0.545. The molecule has 0 aliphatic heterocycles. The van der Waals surface area contributed by atoms with Crippen LogP contribution in [0.5, 0.6) is 0 Å². The van der Waals surface area contributed by atoms with Crippen LogP contribution in [0.25, 0.3) is 21.8 Å². The molecule has 5 rings (SSSR count). The smallest absolute Gasteiger partial charge is 0.282 e. The van der Waals surface area contributed by atoms with Crippen LogP contribution < -0.4 is 5.56 Å². The van der Waals surface area contributed by atoms with Crippen molar-refractivity contribution in [3.63, 3.8) is 0 Å². The summed E-state index contributed by atoms with van der Waals surface area (Å²) in [4.78, 5) is 17.6. The summed E-state index contributed by atoms with van der Waals surface area (Å²) >= 11 is 3.43. The van der Waals surface area contributed by atoms with Gasteiger partial charge in [-0.1, -0.05) is 64.5 Å². The van der Waals surface area contributed by atoms with Crippen LogP contribution in [0.3, 0.4) is 0 Å². The van der Waals surface area contributed by atoms with Crippen LogP contribution in [-0.4, -0.2) is 20.4 Å². The first-order valence-corrected chi connectivity index (χ1v) is 10.7. The molecule has 152 valence electrons. The second kappa shape index (κ2) is 7.96. The summed E-state index contributed by atoms with van der Waals surface area (Å²) in [6.07, 6.45) is 3.82. The Morgan fingerprint density at radius 2 is 1.77 bits per heavy atom. The SMILES string of the molecule is Cc1nc2ccc(Br)cc2c(=O)n1N=Cc1cn(Cc2ccccc2)c2ccccc12. The van der Waals surface area contributed by atoms with Gasteiger partial charge in [0.1, 0.15) is 5.82 Å². The first-order valence-electron chi connectivity index (χ1n) is 9.95. The molecule has 0 bridgehead atoms. The summed E-state index contributed by atoms with van der Waals surface area (Å²) < 4.78 is 4.40. The van der Waals surface area contributed by atoms with Crippen molar-refractivity contribution >= 4 is 44.0 Å². The molecule has 0 atom stereocenters. The van der Waals surface area contributed by atoms with Gasteiger partial charge < -0.3 is 4.57 Å². The topological polar surface area (TPSA) is 52.2 Å². The molecule has 31 heavy (non-hydrogen) atoms. The van der Waals surface area contributed by atoms with Crippen molar-refractivity contribution in [1.82, 2.24) is 14.2 Å². The van der Waals surface area contributed by atoms with Crippen molar-refractivity contribution in [2.24, 2.45) is 5.10 Å². The molecule has 0 amide bonds. The van der Waals surface area contributed by atoms with Gasteiger partial charge in [-0.3, -0.25) is 4.79 Å². The van der Waals surface area contributed by atoms with Gasteiger partial charge in [-0.05, 0) is 36.8 Å². The van der Waals surface area contributed by atoms with E-state index >= 15 is 0 Å². The fraction of sp³-hybridized carbons (Fsp3) is 0.0800. The lowest BCUT2D eigenvalue weighted by atomic mass is 10.2. The molecule has 3 aromatic carbocycles. The Morgan fingerprint density at radius 3 is 2.61 bits per heavy atom. The molecule has 0 radical (unpaired) electrons. The number of nitrogens with zero attached hydrogens (tertiary/aromatic N) is 4. The van der Waals surface area contributed by atoms with Gasteiger partial charge in [0.25, 0.3) is 5.56 Å². The first-order chi connectivity index (χ1) is 15.1. The molecule has 0 fully saturated rings. The third kappa shape index (κ3) is 3.70. The molecule has 0 aliphatic rings. The molecule has 0 saturated heterocycles. The number of benzene rings is 3. The molecule has 2 aromatic heterocycles. The van der Waals surface area contributed by atoms with Gasteiger partial charge in [0.15, 0.2) is 0 Å². The maximum absolute atomic E-state index is 13.0. The predicted molar refractivity (Wildman–Crippen MR) is 129 cm³/mol. The Balaban J connectivity index is 1.59. The highest BCUT2D eigenvalue weighted by Gasteiger charge is 2.10. The van der Waals surface area contributed by atoms with Gasteiger partial charge >= 0.3 is 0 Å². The van der Waals surface area contributed by atoms with E-state index in [4.69, 9.17) is 0 Å². The third-order valence-corrected chi connectivity index (χ3v) is 5.79. The molecule has 6 heteroatoms. The van der Waals surface area contributed by atoms with E-state index in [-0.39, 0.29) is 5.56 Å². The van der Waals surface area contributed by atoms with E-state index in [2.05, 4.69) is 61.0 Å². The standard InChI is InChI=1S/C25H19BrN4O/c1-17-28-23-12-11-20(26)13-22(23)25(31)30(17)27-14-19-16-29(15-18-7-3-2-4-8-18)24-10-6-5-9-21(19)24/h2-14,16H,15H2,1H3. The highest BCUT2D eigenvalue weighted by molar-refractivity contribution is 9.10. The van der Waals surface area contributed by atoms with Gasteiger partial charge in [0.2, 0.25) is 0 Å². The van der Waals surface area contributed by atoms with Crippen LogP contribution in [0.2, 0.25) is 0 Å². The molecule has 5 nitrogen and oxygen atoms in total. The van der Waals surface area contributed by atoms with Gasteiger partial charge in [-0.15, -0.1) is 0 Å². The minimum absolute atomic E-state index is 0.187. The third-order valence-electron chi connectivity index (χ3n) is 5.30. The summed E-state index contributed by atoms with van der Waals surface area (Å²) in [6.45, 7) is 2.55. The minimum atomic E-state index is -0.187. The molecule has 2 heterocycles. The summed E-state index contributed by atoms with van der Waals surface area (Å²) in [7, 11) is 0. The highest BCUT2D eigenvalue weighted by atomic mass is 79.9. The Hall–Kier alpha value is -3.51. The second-order valence-electron chi connectivity index (χ2n) is 7.40. The van der Waals surface area contributed by atoms with Gasteiger partial charge in [-0.25, -0.2) is 4.98 Å². The van der Waals surface area contributed by atoms with Crippen LogP contribution >= 0.6 is 15.9 Å². The van der Waals surface area contributed by atoms with Crippen molar-refractivity contribution in [2.45, 2.75) is 13.5 Å². The zero-order valence-electron chi connectivity index (χ0n) is 16.9. The lowest BCUT2D eigenvalue weighted by Gasteiger charge is -2.05. The molecule has 0 aliphatic carbocycles. The van der Waals surface area contributed by atoms with Crippen LogP contribution in [-0.2, 0) is 6.54 Å². The van der Waals surface area contributed by atoms with E-state index < -0.39 is 0 Å². The number of hydrogen-bond acceptors (Lipinski definition) is 3. The van der Waals surface area contributed by atoms with Crippen molar-refractivity contribution in [2.75, 3.05) is 0 Å². The number of fused-ring (bicyclic) bond motifs is 2. The fourth-order valence-corrected chi connectivity index (χ4v) is 4.17. The van der Waals surface area contributed by atoms with E-state index in [1.165, 1.54) is 10.2 Å². The monoisotopic (exact) mass is 470 g/mol. The molecular weight excluding hydrogens is 452 g/mol. The number of para-hydroxylation sites is 1. The maximum Gasteiger partial charge on any atom is 0.282 e. The van der Waals surface area contributed by atoms with Crippen molar-refractivity contribution < 1.29 is 0 Å². The molecular formula is C25H19BrN4O. The maximum atomic E-state index is 13.0. The van der Waals surface area contributed by atoms with E-state index in [0.717, 1.165) is 27.5 Å². The Morgan fingerprint density at radius 1 is 1.00 bits per heavy atom. The summed E-state index contributed by atoms with van der Waals surface area (Å²) in [6, 6.07) is 24.0. The van der Waals surface area contributed by atoms with E-state index in [9.17, 15) is 4.79 Å². The average Bonchev–Trinajstić information content (AvgIpc) is 3.12. The average molecular weight is 471 g/mol. The number of aryl methyl sites for hydroxylation is 1. The van der Waals surface area contributed by atoms with Crippen molar-refractivity contribution in [3.05, 3.63) is 111 Å². The van der Waals surface area contributed by atoms with E-state index in [1.807, 2.05) is 42.5 Å². The van der Waals surface area contributed by atoms with Gasteiger partial charge in [-0.2, -0.15) is 9.78 Å². The molecule has 0 N–H and O–H groups in total. The zero-order valence-corrected chi connectivity index (χ0v) is 18.5. The lowest BCUT2D eigenvalue weighted by molar-refractivity contribution is 0.770. The minimum Gasteiger partial charge on any atom is -0.342 e. The zero-order chi connectivity index (χ0) is 21.4. The van der Waals surface area contributed by atoms with Crippen molar-refractivity contribution in [3.8, 4) is 0 Å². The van der Waals surface area contributed by atoms with Crippen molar-refractivity contribution in [1.29, 1.82) is 0 Å². The van der Waals surface area contributed by atoms with Gasteiger partial charge in [0.05, 0.1) is 17.1 Å². The quantitative estimate of drug-likeness (QED) is 0.332. The molecule has 0 spiro atoms. The Labute approximate surface area is 187 Å². The van der Waals surface area contributed by atoms with Crippen LogP contribution in [0.15, 0.2) is 93.4 Å². The van der Waals surface area contributed by atoms with Crippen LogP contribution in [0.4, 0.5) is 0 Å². The molecule has 0 unspecified atom stereocenters. The second-order valence-corrected chi connectivity index (χ2v) is 8.31. The summed E-state index contributed by atoms with van der Waals surface area (Å²) in [5.41, 5.74) is 3.78. The molecule has 5 aromatic rings. The first kappa shape index (κ1) is 19.5. The molecule has 0 saturated carbocycles. The number of hydrogen-bond donors (Lipinski definition) is 0. The predicted octanol–water partition coefficient (Wildman–Crippen LogP) is 5.35. The summed E-state index contributed by atoms with van der Waals surface area (Å²) in [5, 5.41) is 6.13. The normalized spacial score (nSPS) is 11.7. The van der Waals surface area contributed by atoms with Crippen LogP contribution in [0, 0.1) is 6.92 Å². The van der Waals surface area contributed by atoms with E-state index in [1.54, 1.807) is 19.2 Å². The number of aromatic nitrogens is 3. The fourth-order valence-electron chi connectivity index (χ4n) is 3.80. The van der Waals surface area contributed by atoms with E-state index in [0.29, 0.717) is 16.7 Å². The lowest BCUT2D eigenvalue weighted by Crippen LogP contribution is -2.20. The Kier molecular flexibility index (Phi) is 5.00. The largest absolute Gasteiger partial charge is 0.342 e. The Bertz CT molecular complexity index is 1500. The van der Waals surface area contributed by atoms with Crippen LogP contribution in [0.1, 0.15) is 17.0 Å². The van der Waals surface area contributed by atoms with Gasteiger partial charge in [0, 0.05) is 33.7 Å². The highest BCUT2D eigenvalue weighted by Crippen LogP contribution is 2.21. The number of rotatable bonds is 4. The number of halogens is 1.